The van der Waals surface area contributed by atoms with Gasteiger partial charge < -0.3 is 5.73 Å². The highest BCUT2D eigenvalue weighted by molar-refractivity contribution is 7.89. The first-order chi connectivity index (χ1) is 9.46. The molecule has 1 atom stereocenters. The highest BCUT2D eigenvalue weighted by atomic mass is 32.2. The highest BCUT2D eigenvalue weighted by Crippen LogP contribution is 2.29. The van der Waals surface area contributed by atoms with Gasteiger partial charge in [-0.05, 0) is 43.9 Å². The molecule has 0 radical (unpaired) electrons. The van der Waals surface area contributed by atoms with E-state index in [0.717, 1.165) is 37.7 Å². The Balaban J connectivity index is 2.34. The molecule has 1 aromatic carbocycles. The predicted molar refractivity (Wildman–Crippen MR) is 82.0 cm³/mol. The van der Waals surface area contributed by atoms with Crippen molar-refractivity contribution in [2.24, 2.45) is 0 Å². The molecule has 1 unspecified atom stereocenters. The minimum atomic E-state index is -3.42. The monoisotopic (exact) mass is 296 g/mol. The second-order valence-electron chi connectivity index (χ2n) is 5.57. The van der Waals surface area contributed by atoms with E-state index in [4.69, 9.17) is 5.73 Å². The maximum atomic E-state index is 12.8. The molecule has 0 spiro atoms. The van der Waals surface area contributed by atoms with Crippen molar-refractivity contribution in [2.75, 3.05) is 12.3 Å². The Labute approximate surface area is 122 Å². The lowest BCUT2D eigenvalue weighted by molar-refractivity contribution is 0.239. The van der Waals surface area contributed by atoms with Gasteiger partial charge in [-0.3, -0.25) is 0 Å². The van der Waals surface area contributed by atoms with Crippen LogP contribution in [0, 0.1) is 6.92 Å². The van der Waals surface area contributed by atoms with Crippen molar-refractivity contribution in [2.45, 2.75) is 56.9 Å². The van der Waals surface area contributed by atoms with Crippen LogP contribution in [0.5, 0.6) is 0 Å². The third-order valence-corrected chi connectivity index (χ3v) is 6.00. The number of nitrogen functional groups attached to an aromatic ring is 1. The topological polar surface area (TPSA) is 63.4 Å². The van der Waals surface area contributed by atoms with E-state index in [1.165, 1.54) is 0 Å². The Hall–Kier alpha value is -1.07. The summed E-state index contributed by atoms with van der Waals surface area (Å²) in [7, 11) is -3.42. The smallest absolute Gasteiger partial charge is 0.243 e. The zero-order valence-corrected chi connectivity index (χ0v) is 13.1. The minimum absolute atomic E-state index is 0.140. The lowest BCUT2D eigenvalue weighted by atomic mass is 10.0. The fourth-order valence-electron chi connectivity index (χ4n) is 2.83. The summed E-state index contributed by atoms with van der Waals surface area (Å²) in [6.07, 6.45) is 4.97. The van der Waals surface area contributed by atoms with Gasteiger partial charge in [-0.15, -0.1) is 0 Å². The van der Waals surface area contributed by atoms with E-state index in [-0.39, 0.29) is 6.04 Å². The van der Waals surface area contributed by atoms with Crippen molar-refractivity contribution in [3.63, 3.8) is 0 Å². The summed E-state index contributed by atoms with van der Waals surface area (Å²) in [6.45, 7) is 4.61. The van der Waals surface area contributed by atoms with Crippen LogP contribution in [0.3, 0.4) is 0 Å². The summed E-state index contributed by atoms with van der Waals surface area (Å²) in [5.41, 5.74) is 7.30. The van der Waals surface area contributed by atoms with Crippen LogP contribution in [0.15, 0.2) is 23.1 Å². The molecule has 112 valence electrons. The lowest BCUT2D eigenvalue weighted by Crippen LogP contribution is -2.43. The Morgan fingerprint density at radius 3 is 2.75 bits per heavy atom. The summed E-state index contributed by atoms with van der Waals surface area (Å²) in [4.78, 5) is 0.323. The van der Waals surface area contributed by atoms with Gasteiger partial charge in [0.25, 0.3) is 0 Å². The average molecular weight is 296 g/mol. The summed E-state index contributed by atoms with van der Waals surface area (Å²) >= 11 is 0. The van der Waals surface area contributed by atoms with Crippen LogP contribution >= 0.6 is 0 Å². The molecule has 1 aliphatic rings. The standard InChI is InChI=1S/C15H24N2O2S/c1-3-6-13-7-4-5-10-17(13)20(18,19)14-9-8-12(2)15(16)11-14/h8-9,11,13H,3-7,10,16H2,1-2H3. The summed E-state index contributed by atoms with van der Waals surface area (Å²) in [5, 5.41) is 0. The number of piperidine rings is 1. The third kappa shape index (κ3) is 2.99. The Morgan fingerprint density at radius 2 is 2.10 bits per heavy atom. The van der Waals surface area contributed by atoms with Crippen molar-refractivity contribution in [3.05, 3.63) is 23.8 Å². The molecule has 2 rings (SSSR count). The van der Waals surface area contributed by atoms with Crippen LogP contribution in [-0.4, -0.2) is 25.3 Å². The van der Waals surface area contributed by atoms with Crippen LogP contribution in [0.25, 0.3) is 0 Å². The Kier molecular flexibility index (Phi) is 4.70. The number of hydrogen-bond donors (Lipinski definition) is 1. The number of nitrogens with zero attached hydrogens (tertiary/aromatic N) is 1. The molecule has 1 heterocycles. The van der Waals surface area contributed by atoms with Gasteiger partial charge in [-0.25, -0.2) is 8.42 Å². The molecule has 1 saturated heterocycles. The van der Waals surface area contributed by atoms with E-state index in [0.29, 0.717) is 17.1 Å². The molecule has 2 N–H and O–H groups in total. The molecule has 4 nitrogen and oxygen atoms in total. The molecule has 5 heteroatoms. The molecule has 0 aliphatic carbocycles. The normalized spacial score (nSPS) is 21.0. The largest absolute Gasteiger partial charge is 0.398 e. The number of benzene rings is 1. The quantitative estimate of drug-likeness (QED) is 0.869. The fraction of sp³-hybridized carbons (Fsp3) is 0.600. The van der Waals surface area contributed by atoms with Crippen molar-refractivity contribution in [1.82, 2.24) is 4.31 Å². The van der Waals surface area contributed by atoms with E-state index in [9.17, 15) is 8.42 Å². The number of rotatable bonds is 4. The zero-order valence-electron chi connectivity index (χ0n) is 12.3. The molecule has 1 aromatic rings. The summed E-state index contributed by atoms with van der Waals surface area (Å²) < 4.78 is 27.3. The second-order valence-corrected chi connectivity index (χ2v) is 7.46. The second kappa shape index (κ2) is 6.14. The predicted octanol–water partition coefficient (Wildman–Crippen LogP) is 2.92. The maximum absolute atomic E-state index is 12.8. The summed E-state index contributed by atoms with van der Waals surface area (Å²) in [6, 6.07) is 5.17. The molecule has 1 fully saturated rings. The van der Waals surface area contributed by atoms with Crippen LogP contribution < -0.4 is 5.73 Å². The molecular weight excluding hydrogens is 272 g/mol. The molecule has 0 amide bonds. The number of anilines is 1. The van der Waals surface area contributed by atoms with Crippen molar-refractivity contribution in [3.8, 4) is 0 Å². The third-order valence-electron chi connectivity index (χ3n) is 4.05. The SMILES string of the molecule is CCCC1CCCCN1S(=O)(=O)c1ccc(C)c(N)c1. The number of nitrogens with two attached hydrogens (primary N) is 1. The maximum Gasteiger partial charge on any atom is 0.243 e. The minimum Gasteiger partial charge on any atom is -0.398 e. The van der Waals surface area contributed by atoms with Crippen LogP contribution in [-0.2, 0) is 10.0 Å². The summed E-state index contributed by atoms with van der Waals surface area (Å²) in [5.74, 6) is 0. The molecule has 0 saturated carbocycles. The van der Waals surface area contributed by atoms with Crippen molar-refractivity contribution >= 4 is 15.7 Å². The Bertz CT molecular complexity index is 567. The average Bonchev–Trinajstić information content (AvgIpc) is 2.42. The van der Waals surface area contributed by atoms with Crippen LogP contribution in [0.2, 0.25) is 0 Å². The molecule has 0 bridgehead atoms. The van der Waals surface area contributed by atoms with Crippen LogP contribution in [0.4, 0.5) is 5.69 Å². The van der Waals surface area contributed by atoms with E-state index >= 15 is 0 Å². The zero-order chi connectivity index (χ0) is 14.8. The van der Waals surface area contributed by atoms with Gasteiger partial charge >= 0.3 is 0 Å². The fourth-order valence-corrected chi connectivity index (χ4v) is 4.59. The van der Waals surface area contributed by atoms with E-state index < -0.39 is 10.0 Å². The highest BCUT2D eigenvalue weighted by Gasteiger charge is 2.32. The van der Waals surface area contributed by atoms with Gasteiger partial charge in [0.05, 0.1) is 4.90 Å². The van der Waals surface area contributed by atoms with Gasteiger partial charge in [-0.1, -0.05) is 25.8 Å². The van der Waals surface area contributed by atoms with E-state index in [1.54, 1.807) is 22.5 Å². The number of sulfonamides is 1. The molecule has 20 heavy (non-hydrogen) atoms. The first-order valence-electron chi connectivity index (χ1n) is 7.34. The molecular formula is C15H24N2O2S. The first kappa shape index (κ1) is 15.3. The van der Waals surface area contributed by atoms with Gasteiger partial charge in [0.1, 0.15) is 0 Å². The Morgan fingerprint density at radius 1 is 1.35 bits per heavy atom. The first-order valence-corrected chi connectivity index (χ1v) is 8.78. The van der Waals surface area contributed by atoms with Gasteiger partial charge in [-0.2, -0.15) is 4.31 Å². The van der Waals surface area contributed by atoms with Crippen molar-refractivity contribution < 1.29 is 8.42 Å². The van der Waals surface area contributed by atoms with E-state index in [2.05, 4.69) is 6.92 Å². The number of aryl methyl sites for hydroxylation is 1. The van der Waals surface area contributed by atoms with E-state index in [1.807, 2.05) is 6.92 Å². The molecule has 0 aromatic heterocycles. The van der Waals surface area contributed by atoms with Crippen LogP contribution in [0.1, 0.15) is 44.6 Å². The van der Waals surface area contributed by atoms with Gasteiger partial charge in [0, 0.05) is 18.3 Å². The van der Waals surface area contributed by atoms with Gasteiger partial charge in [0.2, 0.25) is 10.0 Å². The number of hydrogen-bond acceptors (Lipinski definition) is 3. The van der Waals surface area contributed by atoms with Crippen molar-refractivity contribution in [1.29, 1.82) is 0 Å². The molecule has 1 aliphatic heterocycles. The van der Waals surface area contributed by atoms with Gasteiger partial charge in [0.15, 0.2) is 0 Å². The lowest BCUT2D eigenvalue weighted by Gasteiger charge is -2.34.